The second kappa shape index (κ2) is 4.89. The summed E-state index contributed by atoms with van der Waals surface area (Å²) in [5.74, 6) is 0.447. The van der Waals surface area contributed by atoms with E-state index in [4.69, 9.17) is 0 Å². The fourth-order valence-electron chi connectivity index (χ4n) is 2.14. The van der Waals surface area contributed by atoms with Crippen LogP contribution in [-0.2, 0) is 0 Å². The lowest BCUT2D eigenvalue weighted by Crippen LogP contribution is -2.48. The summed E-state index contributed by atoms with van der Waals surface area (Å²) in [5.41, 5.74) is -0.488. The molecule has 2 heterocycles. The highest BCUT2D eigenvalue weighted by Crippen LogP contribution is 2.21. The first-order valence-electron chi connectivity index (χ1n) is 6.05. The molecule has 1 aliphatic heterocycles. The summed E-state index contributed by atoms with van der Waals surface area (Å²) >= 11 is 0. The van der Waals surface area contributed by atoms with Crippen molar-refractivity contribution in [3.05, 3.63) is 17.8 Å². The zero-order chi connectivity index (χ0) is 13.2. The third kappa shape index (κ3) is 2.76. The maximum absolute atomic E-state index is 12.2. The number of aliphatic hydroxyl groups is 1. The van der Waals surface area contributed by atoms with E-state index >= 15 is 0 Å². The Morgan fingerprint density at radius 2 is 2.28 bits per heavy atom. The van der Waals surface area contributed by atoms with Crippen LogP contribution < -0.4 is 5.32 Å². The molecule has 6 heteroatoms. The molecule has 0 spiro atoms. The van der Waals surface area contributed by atoms with Gasteiger partial charge in [0.1, 0.15) is 5.82 Å². The predicted octanol–water partition coefficient (Wildman–Crippen LogP) is 0.505. The van der Waals surface area contributed by atoms with Crippen LogP contribution in [0.1, 0.15) is 30.3 Å². The average Bonchev–Trinajstić information content (AvgIpc) is 2.37. The summed E-state index contributed by atoms with van der Waals surface area (Å²) in [4.78, 5) is 13.8. The summed E-state index contributed by atoms with van der Waals surface area (Å²) in [6, 6.07) is 3.35. The monoisotopic (exact) mass is 250 g/mol. The van der Waals surface area contributed by atoms with E-state index in [0.29, 0.717) is 24.6 Å². The maximum atomic E-state index is 12.2. The lowest BCUT2D eigenvalue weighted by molar-refractivity contribution is -0.0109. The van der Waals surface area contributed by atoms with Crippen molar-refractivity contribution < 1.29 is 9.90 Å². The highest BCUT2D eigenvalue weighted by Gasteiger charge is 2.31. The Bertz CT molecular complexity index is 430. The van der Waals surface area contributed by atoms with Crippen molar-refractivity contribution in [1.82, 2.24) is 15.1 Å². The largest absolute Gasteiger partial charge is 0.388 e. The summed E-state index contributed by atoms with van der Waals surface area (Å²) in [7, 11) is 1.74. The van der Waals surface area contributed by atoms with Gasteiger partial charge in [-0.3, -0.25) is 4.79 Å². The molecule has 6 nitrogen and oxygen atoms in total. The Hall–Kier alpha value is -1.69. The maximum Gasteiger partial charge on any atom is 0.274 e. The Morgan fingerprint density at radius 3 is 2.83 bits per heavy atom. The van der Waals surface area contributed by atoms with Crippen LogP contribution in [0.3, 0.4) is 0 Å². The first kappa shape index (κ1) is 12.8. The molecule has 0 bridgehead atoms. The van der Waals surface area contributed by atoms with Crippen LogP contribution in [0.25, 0.3) is 0 Å². The average molecular weight is 250 g/mol. The fourth-order valence-corrected chi connectivity index (χ4v) is 2.14. The summed E-state index contributed by atoms with van der Waals surface area (Å²) < 4.78 is 0. The number of rotatable bonds is 2. The van der Waals surface area contributed by atoms with Gasteiger partial charge in [-0.05, 0) is 31.9 Å². The second-order valence-corrected chi connectivity index (χ2v) is 4.88. The first-order chi connectivity index (χ1) is 8.52. The van der Waals surface area contributed by atoms with Gasteiger partial charge >= 0.3 is 0 Å². The van der Waals surface area contributed by atoms with E-state index < -0.39 is 5.60 Å². The minimum absolute atomic E-state index is 0.176. The van der Waals surface area contributed by atoms with E-state index in [1.807, 2.05) is 0 Å². The number of carbonyl (C=O) groups excluding carboxylic acids is 1. The molecule has 98 valence electrons. The van der Waals surface area contributed by atoms with Gasteiger partial charge in [0.05, 0.1) is 5.60 Å². The summed E-state index contributed by atoms with van der Waals surface area (Å²) in [6.07, 6.45) is 1.53. The molecule has 0 aromatic carbocycles. The van der Waals surface area contributed by atoms with Crippen molar-refractivity contribution in [2.45, 2.75) is 25.4 Å². The molecule has 1 aromatic rings. The Balaban J connectivity index is 2.10. The topological polar surface area (TPSA) is 78.4 Å². The van der Waals surface area contributed by atoms with Gasteiger partial charge in [-0.1, -0.05) is 0 Å². The van der Waals surface area contributed by atoms with Crippen LogP contribution in [0.15, 0.2) is 12.1 Å². The van der Waals surface area contributed by atoms with Gasteiger partial charge in [-0.2, -0.15) is 0 Å². The molecular formula is C12H18N4O2. The minimum Gasteiger partial charge on any atom is -0.388 e. The molecule has 0 radical (unpaired) electrons. The van der Waals surface area contributed by atoms with Gasteiger partial charge in [-0.15, -0.1) is 10.2 Å². The van der Waals surface area contributed by atoms with Gasteiger partial charge in [0.25, 0.3) is 5.91 Å². The molecule has 1 aliphatic rings. The number of piperidine rings is 1. The number of nitrogens with zero attached hydrogens (tertiary/aromatic N) is 3. The van der Waals surface area contributed by atoms with Gasteiger partial charge in [0.2, 0.25) is 0 Å². The quantitative estimate of drug-likeness (QED) is 0.799. The summed E-state index contributed by atoms with van der Waals surface area (Å²) in [6.45, 7) is 2.76. The van der Waals surface area contributed by atoms with E-state index in [1.54, 1.807) is 31.0 Å². The van der Waals surface area contributed by atoms with Crippen molar-refractivity contribution in [2.75, 3.05) is 25.5 Å². The van der Waals surface area contributed by atoms with E-state index in [-0.39, 0.29) is 5.91 Å². The van der Waals surface area contributed by atoms with Crippen molar-refractivity contribution in [2.24, 2.45) is 0 Å². The first-order valence-corrected chi connectivity index (χ1v) is 6.05. The molecular weight excluding hydrogens is 232 g/mol. The molecule has 2 rings (SSSR count). The number of β-amino-alcohol motifs (C(OH)–C–C–N with tert-alkyl or cyclic N) is 1. The molecule has 1 aromatic heterocycles. The molecule has 2 N–H and O–H groups in total. The minimum atomic E-state index is -0.799. The molecule has 0 aliphatic carbocycles. The number of aromatic nitrogens is 2. The van der Waals surface area contributed by atoms with Gasteiger partial charge < -0.3 is 15.3 Å². The fraction of sp³-hybridized carbons (Fsp3) is 0.583. The zero-order valence-corrected chi connectivity index (χ0v) is 10.7. The number of hydrogen-bond acceptors (Lipinski definition) is 5. The highest BCUT2D eigenvalue weighted by molar-refractivity contribution is 5.92. The van der Waals surface area contributed by atoms with Gasteiger partial charge in [0, 0.05) is 20.1 Å². The van der Waals surface area contributed by atoms with Crippen LogP contribution in [0.4, 0.5) is 5.82 Å². The normalized spacial score (nSPS) is 23.8. The number of anilines is 1. The Kier molecular flexibility index (Phi) is 3.47. The lowest BCUT2D eigenvalue weighted by Gasteiger charge is -2.36. The number of amides is 1. The summed E-state index contributed by atoms with van der Waals surface area (Å²) in [5, 5.41) is 20.6. The Morgan fingerprint density at radius 1 is 1.50 bits per heavy atom. The van der Waals surface area contributed by atoms with E-state index in [9.17, 15) is 9.90 Å². The van der Waals surface area contributed by atoms with Crippen molar-refractivity contribution in [1.29, 1.82) is 0 Å². The third-order valence-electron chi connectivity index (χ3n) is 3.10. The molecule has 1 atom stereocenters. The smallest absolute Gasteiger partial charge is 0.274 e. The predicted molar refractivity (Wildman–Crippen MR) is 67.3 cm³/mol. The SMILES string of the molecule is CNc1ccc(C(=O)N2CCCC(C)(O)C2)nn1. The van der Waals surface area contributed by atoms with Crippen molar-refractivity contribution in [3.8, 4) is 0 Å². The van der Waals surface area contributed by atoms with Crippen molar-refractivity contribution >= 4 is 11.7 Å². The molecule has 1 fully saturated rings. The Labute approximate surface area is 106 Å². The van der Waals surface area contributed by atoms with Crippen LogP contribution >= 0.6 is 0 Å². The van der Waals surface area contributed by atoms with Gasteiger partial charge in [-0.25, -0.2) is 0 Å². The van der Waals surface area contributed by atoms with Gasteiger partial charge in [0.15, 0.2) is 5.69 Å². The lowest BCUT2D eigenvalue weighted by atomic mass is 9.95. The number of carbonyl (C=O) groups is 1. The molecule has 0 saturated carbocycles. The molecule has 18 heavy (non-hydrogen) atoms. The van der Waals surface area contributed by atoms with Crippen LogP contribution in [0, 0.1) is 0 Å². The molecule has 1 unspecified atom stereocenters. The van der Waals surface area contributed by atoms with E-state index in [1.165, 1.54) is 0 Å². The highest BCUT2D eigenvalue weighted by atomic mass is 16.3. The molecule has 1 saturated heterocycles. The number of nitrogens with one attached hydrogen (secondary N) is 1. The second-order valence-electron chi connectivity index (χ2n) is 4.88. The third-order valence-corrected chi connectivity index (χ3v) is 3.10. The van der Waals surface area contributed by atoms with E-state index in [0.717, 1.165) is 12.8 Å². The van der Waals surface area contributed by atoms with Crippen molar-refractivity contribution in [3.63, 3.8) is 0 Å². The molecule has 1 amide bonds. The van der Waals surface area contributed by atoms with Crippen LogP contribution in [0.5, 0.6) is 0 Å². The number of likely N-dealkylation sites (tertiary alicyclic amines) is 1. The standard InChI is InChI=1S/C12H18N4O2/c1-12(18)6-3-7-16(8-12)11(17)9-4-5-10(13-2)15-14-9/h4-5,18H,3,6-8H2,1-2H3,(H,13,15). The van der Waals surface area contributed by atoms with Crippen LogP contribution in [0.2, 0.25) is 0 Å². The zero-order valence-electron chi connectivity index (χ0n) is 10.7. The number of hydrogen-bond donors (Lipinski definition) is 2. The van der Waals surface area contributed by atoms with Crippen LogP contribution in [-0.4, -0.2) is 51.8 Å². The van der Waals surface area contributed by atoms with E-state index in [2.05, 4.69) is 15.5 Å².